The van der Waals surface area contributed by atoms with Crippen molar-refractivity contribution in [2.24, 2.45) is 11.8 Å². The van der Waals surface area contributed by atoms with Crippen molar-refractivity contribution in [2.75, 3.05) is 0 Å². The molecule has 82 valence electrons. The molecular formula is C10H15F3O. The molecule has 14 heavy (non-hydrogen) atoms. The van der Waals surface area contributed by atoms with Crippen molar-refractivity contribution in [3.63, 3.8) is 0 Å². The Kier molecular flexibility index (Phi) is 3.56. The van der Waals surface area contributed by atoms with Gasteiger partial charge in [-0.15, -0.1) is 0 Å². The average Bonchev–Trinajstić information content (AvgIpc) is 2.01. The van der Waals surface area contributed by atoms with E-state index in [1.54, 1.807) is 6.92 Å². The van der Waals surface area contributed by atoms with Crippen molar-refractivity contribution in [3.05, 3.63) is 0 Å². The zero-order chi connectivity index (χ0) is 10.8. The molecule has 1 saturated carbocycles. The van der Waals surface area contributed by atoms with Crippen LogP contribution in [0.1, 0.15) is 39.0 Å². The lowest BCUT2D eigenvalue weighted by Gasteiger charge is -2.27. The van der Waals surface area contributed by atoms with Gasteiger partial charge in [-0.2, -0.15) is 13.2 Å². The second kappa shape index (κ2) is 4.32. The molecule has 4 heteroatoms. The van der Waals surface area contributed by atoms with Gasteiger partial charge in [0.2, 0.25) is 0 Å². The van der Waals surface area contributed by atoms with Crippen molar-refractivity contribution < 1.29 is 18.0 Å². The SMILES string of the molecule is CC(CC(F)(F)F)C1CCCC(=O)C1. The summed E-state index contributed by atoms with van der Waals surface area (Å²) in [4.78, 5) is 11.1. The standard InChI is InChI=1S/C10H15F3O/c1-7(6-10(11,12)13)8-3-2-4-9(14)5-8/h7-8H,2-6H2,1H3. The molecule has 0 aromatic heterocycles. The Morgan fingerprint density at radius 1 is 1.50 bits per heavy atom. The fourth-order valence-corrected chi connectivity index (χ4v) is 2.08. The van der Waals surface area contributed by atoms with E-state index < -0.39 is 18.5 Å². The molecule has 0 amide bonds. The number of carbonyl (C=O) groups is 1. The summed E-state index contributed by atoms with van der Waals surface area (Å²) in [5.41, 5.74) is 0. The molecule has 1 nitrogen and oxygen atoms in total. The average molecular weight is 208 g/mol. The third kappa shape index (κ3) is 3.68. The van der Waals surface area contributed by atoms with E-state index in [1.807, 2.05) is 0 Å². The van der Waals surface area contributed by atoms with Crippen molar-refractivity contribution >= 4 is 5.78 Å². The van der Waals surface area contributed by atoms with Crippen molar-refractivity contribution in [3.8, 4) is 0 Å². The van der Waals surface area contributed by atoms with E-state index in [4.69, 9.17) is 0 Å². The Labute approximate surface area is 81.7 Å². The smallest absolute Gasteiger partial charge is 0.300 e. The van der Waals surface area contributed by atoms with Gasteiger partial charge in [0.25, 0.3) is 0 Å². The Morgan fingerprint density at radius 3 is 2.64 bits per heavy atom. The first-order chi connectivity index (χ1) is 6.38. The second-order valence-corrected chi connectivity index (χ2v) is 4.19. The van der Waals surface area contributed by atoms with E-state index in [0.717, 1.165) is 12.8 Å². The maximum absolute atomic E-state index is 12.1. The summed E-state index contributed by atoms with van der Waals surface area (Å²) in [6.45, 7) is 1.59. The van der Waals surface area contributed by atoms with Gasteiger partial charge in [0.15, 0.2) is 0 Å². The number of alkyl halides is 3. The maximum atomic E-state index is 12.1. The Bertz CT molecular complexity index is 210. The molecule has 0 aliphatic heterocycles. The Hall–Kier alpha value is -0.540. The lowest BCUT2D eigenvalue weighted by atomic mass is 9.79. The number of Topliss-reactive ketones (excluding diaryl/α,β-unsaturated/α-hetero) is 1. The topological polar surface area (TPSA) is 17.1 Å². The fourth-order valence-electron chi connectivity index (χ4n) is 2.08. The predicted molar refractivity (Wildman–Crippen MR) is 46.8 cm³/mol. The summed E-state index contributed by atoms with van der Waals surface area (Å²) in [5, 5.41) is 0. The van der Waals surface area contributed by atoms with E-state index in [2.05, 4.69) is 0 Å². The first kappa shape index (κ1) is 11.5. The molecule has 0 aromatic carbocycles. The van der Waals surface area contributed by atoms with Crippen LogP contribution in [0.25, 0.3) is 0 Å². The van der Waals surface area contributed by atoms with E-state index in [-0.39, 0.29) is 11.7 Å². The van der Waals surface area contributed by atoms with Gasteiger partial charge in [0.1, 0.15) is 5.78 Å². The first-order valence-corrected chi connectivity index (χ1v) is 4.97. The number of halogens is 3. The van der Waals surface area contributed by atoms with Crippen molar-refractivity contribution in [1.29, 1.82) is 0 Å². The van der Waals surface area contributed by atoms with Crippen LogP contribution in [0.4, 0.5) is 13.2 Å². The summed E-state index contributed by atoms with van der Waals surface area (Å²) in [6.07, 6.45) is -2.44. The van der Waals surface area contributed by atoms with Gasteiger partial charge in [-0.05, 0) is 24.7 Å². The summed E-state index contributed by atoms with van der Waals surface area (Å²) < 4.78 is 36.2. The van der Waals surface area contributed by atoms with Crippen LogP contribution in [0, 0.1) is 11.8 Å². The number of rotatable bonds is 2. The number of carbonyl (C=O) groups excluding carboxylic acids is 1. The monoisotopic (exact) mass is 208 g/mol. The van der Waals surface area contributed by atoms with Gasteiger partial charge in [0, 0.05) is 19.3 Å². The highest BCUT2D eigenvalue weighted by Gasteiger charge is 2.34. The van der Waals surface area contributed by atoms with Gasteiger partial charge >= 0.3 is 6.18 Å². The molecule has 0 N–H and O–H groups in total. The second-order valence-electron chi connectivity index (χ2n) is 4.19. The third-order valence-electron chi connectivity index (χ3n) is 2.88. The maximum Gasteiger partial charge on any atom is 0.389 e. The lowest BCUT2D eigenvalue weighted by molar-refractivity contribution is -0.149. The minimum atomic E-state index is -4.10. The molecular weight excluding hydrogens is 193 g/mol. The highest BCUT2D eigenvalue weighted by molar-refractivity contribution is 5.79. The van der Waals surface area contributed by atoms with E-state index >= 15 is 0 Å². The first-order valence-electron chi connectivity index (χ1n) is 4.97. The van der Waals surface area contributed by atoms with Crippen molar-refractivity contribution in [1.82, 2.24) is 0 Å². The van der Waals surface area contributed by atoms with Crippen LogP contribution in [0.15, 0.2) is 0 Å². The molecule has 2 atom stereocenters. The predicted octanol–water partition coefficient (Wildman–Crippen LogP) is 3.33. The van der Waals surface area contributed by atoms with E-state index in [1.165, 1.54) is 0 Å². The van der Waals surface area contributed by atoms with Gasteiger partial charge in [-0.1, -0.05) is 6.92 Å². The molecule has 0 saturated heterocycles. The fraction of sp³-hybridized carbons (Fsp3) is 0.900. The largest absolute Gasteiger partial charge is 0.389 e. The molecule has 0 heterocycles. The van der Waals surface area contributed by atoms with Crippen molar-refractivity contribution in [2.45, 2.75) is 45.2 Å². The molecule has 1 fully saturated rings. The molecule has 2 unspecified atom stereocenters. The normalized spacial score (nSPS) is 26.3. The zero-order valence-corrected chi connectivity index (χ0v) is 8.23. The highest BCUT2D eigenvalue weighted by Crippen LogP contribution is 2.35. The summed E-state index contributed by atoms with van der Waals surface area (Å²) in [7, 11) is 0. The van der Waals surface area contributed by atoms with E-state index in [9.17, 15) is 18.0 Å². The van der Waals surface area contributed by atoms with E-state index in [0.29, 0.717) is 12.8 Å². The molecule has 0 aromatic rings. The highest BCUT2D eigenvalue weighted by atomic mass is 19.4. The number of hydrogen-bond acceptors (Lipinski definition) is 1. The lowest BCUT2D eigenvalue weighted by Crippen LogP contribution is -2.25. The van der Waals surface area contributed by atoms with Gasteiger partial charge in [-0.25, -0.2) is 0 Å². The number of hydrogen-bond donors (Lipinski definition) is 0. The summed E-state index contributed by atoms with van der Waals surface area (Å²) >= 11 is 0. The van der Waals surface area contributed by atoms with Crippen LogP contribution in [0.2, 0.25) is 0 Å². The van der Waals surface area contributed by atoms with Gasteiger partial charge in [-0.3, -0.25) is 4.79 Å². The van der Waals surface area contributed by atoms with Crippen LogP contribution in [-0.2, 0) is 4.79 Å². The van der Waals surface area contributed by atoms with Crippen LogP contribution >= 0.6 is 0 Å². The van der Waals surface area contributed by atoms with Gasteiger partial charge < -0.3 is 0 Å². The Balaban J connectivity index is 2.43. The minimum Gasteiger partial charge on any atom is -0.300 e. The van der Waals surface area contributed by atoms with Crippen LogP contribution in [0.5, 0.6) is 0 Å². The molecule has 0 bridgehead atoms. The molecule has 1 rings (SSSR count). The van der Waals surface area contributed by atoms with Crippen LogP contribution in [0.3, 0.4) is 0 Å². The molecule has 1 aliphatic carbocycles. The summed E-state index contributed by atoms with van der Waals surface area (Å²) in [6, 6.07) is 0. The molecule has 0 radical (unpaired) electrons. The van der Waals surface area contributed by atoms with Crippen LogP contribution < -0.4 is 0 Å². The summed E-state index contributed by atoms with van der Waals surface area (Å²) in [5.74, 6) is -0.354. The van der Waals surface area contributed by atoms with Gasteiger partial charge in [0.05, 0.1) is 0 Å². The molecule has 0 spiro atoms. The van der Waals surface area contributed by atoms with Crippen LogP contribution in [-0.4, -0.2) is 12.0 Å². The minimum absolute atomic E-state index is 0.0575. The number of ketones is 1. The third-order valence-corrected chi connectivity index (χ3v) is 2.88. The zero-order valence-electron chi connectivity index (χ0n) is 8.23. The Morgan fingerprint density at radius 2 is 2.14 bits per heavy atom. The molecule has 1 aliphatic rings. The quantitative estimate of drug-likeness (QED) is 0.680.